The van der Waals surface area contributed by atoms with E-state index in [9.17, 15) is 10.2 Å². The maximum absolute atomic E-state index is 10.0. The largest absolute Gasteiger partial charge is 0.388 e. The van der Waals surface area contributed by atoms with Gasteiger partial charge in [-0.15, -0.1) is 0 Å². The van der Waals surface area contributed by atoms with E-state index in [0.29, 0.717) is 5.65 Å². The van der Waals surface area contributed by atoms with Crippen LogP contribution in [0.15, 0.2) is 24.3 Å². The minimum absolute atomic E-state index is 0.334. The van der Waals surface area contributed by atoms with Gasteiger partial charge in [-0.2, -0.15) is 0 Å². The molecule has 18 heavy (non-hydrogen) atoms. The summed E-state index contributed by atoms with van der Waals surface area (Å²) >= 11 is 0. The zero-order chi connectivity index (χ0) is 12.9. The molecule has 2 heterocycles. The highest BCUT2D eigenvalue weighted by molar-refractivity contribution is 5.73. The number of aliphatic hydroxyl groups is 2. The summed E-state index contributed by atoms with van der Waals surface area (Å²) in [7, 11) is 0. The second-order valence-corrected chi connectivity index (χ2v) is 4.62. The van der Waals surface area contributed by atoms with Crippen LogP contribution in [0, 0.1) is 6.92 Å². The molecule has 0 unspecified atom stereocenters. The molecule has 0 aliphatic heterocycles. The van der Waals surface area contributed by atoms with Gasteiger partial charge in [0.25, 0.3) is 0 Å². The molecule has 2 aromatic heterocycles. The van der Waals surface area contributed by atoms with Gasteiger partial charge < -0.3 is 14.8 Å². The van der Waals surface area contributed by atoms with Crippen LogP contribution < -0.4 is 0 Å². The topological polar surface area (TPSA) is 84.1 Å². The van der Waals surface area contributed by atoms with Crippen molar-refractivity contribution in [3.63, 3.8) is 0 Å². The summed E-state index contributed by atoms with van der Waals surface area (Å²) in [6.07, 6.45) is 3.26. The van der Waals surface area contributed by atoms with Crippen LogP contribution in [0.3, 0.4) is 0 Å². The van der Waals surface area contributed by atoms with Gasteiger partial charge in [0.15, 0.2) is 5.65 Å². The molecule has 0 radical (unpaired) electrons. The monoisotopic (exact) mass is 246 g/mol. The van der Waals surface area contributed by atoms with Crippen LogP contribution in [0.1, 0.15) is 18.7 Å². The van der Waals surface area contributed by atoms with E-state index in [1.54, 1.807) is 17.8 Å². The van der Waals surface area contributed by atoms with Gasteiger partial charge in [0.05, 0.1) is 18.1 Å². The standard InChI is InChI=1S/C12H14N4O2/c1-6-3-8(11(18)10(6)17)16-5-15-9-7(2)13-4-14-12(9)16/h3-5,8,10-11,17-18H,1-2H3/t8-,10-,11+/m0/s1. The molecule has 2 aromatic rings. The summed E-state index contributed by atoms with van der Waals surface area (Å²) in [6, 6.07) is -0.334. The summed E-state index contributed by atoms with van der Waals surface area (Å²) in [5.74, 6) is 0. The molecule has 6 heteroatoms. The molecular weight excluding hydrogens is 232 g/mol. The Morgan fingerprint density at radius 1 is 1.17 bits per heavy atom. The number of hydrogen-bond donors (Lipinski definition) is 2. The van der Waals surface area contributed by atoms with Gasteiger partial charge in [-0.05, 0) is 19.4 Å². The van der Waals surface area contributed by atoms with Gasteiger partial charge in [-0.1, -0.05) is 6.08 Å². The van der Waals surface area contributed by atoms with Crippen LogP contribution >= 0.6 is 0 Å². The molecule has 6 nitrogen and oxygen atoms in total. The Morgan fingerprint density at radius 2 is 1.94 bits per heavy atom. The number of fused-ring (bicyclic) bond motifs is 1. The zero-order valence-electron chi connectivity index (χ0n) is 10.1. The Kier molecular flexibility index (Phi) is 2.42. The molecule has 0 fully saturated rings. The van der Waals surface area contributed by atoms with Crippen molar-refractivity contribution in [2.45, 2.75) is 32.1 Å². The minimum atomic E-state index is -0.863. The minimum Gasteiger partial charge on any atom is -0.388 e. The van der Waals surface area contributed by atoms with Gasteiger partial charge in [0.2, 0.25) is 0 Å². The maximum atomic E-state index is 10.0. The lowest BCUT2D eigenvalue weighted by molar-refractivity contribution is 0.0329. The first kappa shape index (κ1) is 11.3. The molecule has 0 amide bonds. The average Bonchev–Trinajstić information content (AvgIpc) is 2.88. The summed E-state index contributed by atoms with van der Waals surface area (Å²) < 4.78 is 1.77. The second kappa shape index (κ2) is 3.86. The van der Waals surface area contributed by atoms with Crippen LogP contribution in [0.5, 0.6) is 0 Å². The van der Waals surface area contributed by atoms with E-state index in [-0.39, 0.29) is 6.04 Å². The molecule has 1 aliphatic rings. The highest BCUT2D eigenvalue weighted by Gasteiger charge is 2.34. The van der Waals surface area contributed by atoms with Crippen LogP contribution in [0.2, 0.25) is 0 Å². The zero-order valence-corrected chi connectivity index (χ0v) is 10.1. The van der Waals surface area contributed by atoms with Crippen molar-refractivity contribution in [3.05, 3.63) is 30.0 Å². The molecule has 3 rings (SSSR count). The van der Waals surface area contributed by atoms with Gasteiger partial charge in [-0.3, -0.25) is 0 Å². The fourth-order valence-corrected chi connectivity index (χ4v) is 2.35. The molecular formula is C12H14N4O2. The van der Waals surface area contributed by atoms with Crippen LogP contribution in [-0.2, 0) is 0 Å². The van der Waals surface area contributed by atoms with Gasteiger partial charge >= 0.3 is 0 Å². The normalized spacial score (nSPS) is 27.8. The fraction of sp³-hybridized carbons (Fsp3) is 0.417. The van der Waals surface area contributed by atoms with E-state index < -0.39 is 12.2 Å². The predicted molar refractivity (Wildman–Crippen MR) is 64.9 cm³/mol. The van der Waals surface area contributed by atoms with Crippen molar-refractivity contribution in [2.24, 2.45) is 0 Å². The van der Waals surface area contributed by atoms with Crippen LogP contribution in [0.4, 0.5) is 0 Å². The molecule has 0 saturated heterocycles. The highest BCUT2D eigenvalue weighted by atomic mass is 16.3. The highest BCUT2D eigenvalue weighted by Crippen LogP contribution is 2.31. The van der Waals surface area contributed by atoms with Crippen molar-refractivity contribution in [2.75, 3.05) is 0 Å². The number of aliphatic hydroxyl groups excluding tert-OH is 2. The lowest BCUT2D eigenvalue weighted by Gasteiger charge is -2.18. The van der Waals surface area contributed by atoms with Crippen molar-refractivity contribution in [1.29, 1.82) is 0 Å². The first-order valence-corrected chi connectivity index (χ1v) is 5.78. The third-order valence-corrected chi connectivity index (χ3v) is 3.44. The smallest absolute Gasteiger partial charge is 0.164 e. The quantitative estimate of drug-likeness (QED) is 0.710. The molecule has 0 saturated carbocycles. The Morgan fingerprint density at radius 3 is 2.61 bits per heavy atom. The number of imidazole rings is 1. The summed E-state index contributed by atoms with van der Waals surface area (Å²) in [5.41, 5.74) is 2.95. The molecule has 1 aliphatic carbocycles. The number of rotatable bonds is 1. The molecule has 94 valence electrons. The number of nitrogens with zero attached hydrogens (tertiary/aromatic N) is 4. The Balaban J connectivity index is 2.14. The van der Waals surface area contributed by atoms with Crippen molar-refractivity contribution < 1.29 is 10.2 Å². The van der Waals surface area contributed by atoms with Crippen molar-refractivity contribution in [1.82, 2.24) is 19.5 Å². The van der Waals surface area contributed by atoms with E-state index in [1.165, 1.54) is 6.33 Å². The fourth-order valence-electron chi connectivity index (χ4n) is 2.35. The van der Waals surface area contributed by atoms with Crippen molar-refractivity contribution in [3.8, 4) is 0 Å². The van der Waals surface area contributed by atoms with Crippen LogP contribution in [-0.4, -0.2) is 41.9 Å². The first-order chi connectivity index (χ1) is 8.59. The molecule has 0 spiro atoms. The first-order valence-electron chi connectivity index (χ1n) is 5.78. The van der Waals surface area contributed by atoms with E-state index in [4.69, 9.17) is 0 Å². The van der Waals surface area contributed by atoms with Crippen LogP contribution in [0.25, 0.3) is 11.2 Å². The Hall–Kier alpha value is -1.79. The summed E-state index contributed by atoms with van der Waals surface area (Å²) in [5, 5.41) is 19.8. The van der Waals surface area contributed by atoms with E-state index in [1.807, 2.05) is 13.0 Å². The second-order valence-electron chi connectivity index (χ2n) is 4.62. The molecule has 0 aromatic carbocycles. The maximum Gasteiger partial charge on any atom is 0.164 e. The van der Waals surface area contributed by atoms with E-state index >= 15 is 0 Å². The van der Waals surface area contributed by atoms with Gasteiger partial charge in [0.1, 0.15) is 24.1 Å². The lowest BCUT2D eigenvalue weighted by atomic mass is 10.1. The summed E-state index contributed by atoms with van der Waals surface area (Å²) in [4.78, 5) is 12.5. The van der Waals surface area contributed by atoms with Crippen molar-refractivity contribution >= 4 is 11.2 Å². The van der Waals surface area contributed by atoms with E-state index in [2.05, 4.69) is 15.0 Å². The Bertz CT molecular complexity index is 634. The van der Waals surface area contributed by atoms with Gasteiger partial charge in [-0.25, -0.2) is 15.0 Å². The summed E-state index contributed by atoms with van der Waals surface area (Å²) in [6.45, 7) is 3.66. The third kappa shape index (κ3) is 1.46. The van der Waals surface area contributed by atoms with E-state index in [0.717, 1.165) is 16.8 Å². The number of aryl methyl sites for hydroxylation is 1. The predicted octanol–water partition coefficient (Wildman–Crippen LogP) is 0.358. The SMILES string of the molecule is CC1=C[C@H](n2cnc3c(C)ncnc32)[C@@H](O)[C@H]1O. The third-order valence-electron chi connectivity index (χ3n) is 3.44. The molecule has 0 bridgehead atoms. The number of hydrogen-bond acceptors (Lipinski definition) is 5. The lowest BCUT2D eigenvalue weighted by Crippen LogP contribution is -2.29. The molecule has 3 atom stereocenters. The number of aromatic nitrogens is 4. The van der Waals surface area contributed by atoms with Gasteiger partial charge in [0, 0.05) is 0 Å². The average molecular weight is 246 g/mol. The Labute approximate surface area is 104 Å². The molecule has 2 N–H and O–H groups in total.